The van der Waals surface area contributed by atoms with Gasteiger partial charge in [-0.15, -0.1) is 0 Å². The van der Waals surface area contributed by atoms with Gasteiger partial charge in [0.1, 0.15) is 0 Å². The third kappa shape index (κ3) is 4.72. The standard InChI is InChI=1S/C22H24ClN3O2/c23-17-9-11-18(12-10-17)24-22(27)28-25-19-13-20-7-4-8-21(14-19)26(20)15-16-5-2-1-3-6-16/h1-3,5-6,9-12,20-21H,4,7-8,13-15H2,(H,24,27)/t20-,21-/m1/s1. The molecular weight excluding hydrogens is 374 g/mol. The minimum Gasteiger partial charge on any atom is -0.298 e. The Morgan fingerprint density at radius 2 is 1.75 bits per heavy atom. The van der Waals surface area contributed by atoms with Gasteiger partial charge in [-0.1, -0.05) is 53.5 Å². The van der Waals surface area contributed by atoms with Gasteiger partial charge in [-0.3, -0.25) is 15.1 Å². The summed E-state index contributed by atoms with van der Waals surface area (Å²) in [6, 6.07) is 18.4. The maximum absolute atomic E-state index is 12.0. The van der Waals surface area contributed by atoms with Crippen LogP contribution in [0.25, 0.3) is 0 Å². The van der Waals surface area contributed by atoms with Crippen molar-refractivity contribution in [3.05, 3.63) is 65.2 Å². The number of rotatable bonds is 4. The van der Waals surface area contributed by atoms with E-state index in [1.54, 1.807) is 24.3 Å². The number of oxime groups is 1. The van der Waals surface area contributed by atoms with Crippen LogP contribution in [-0.2, 0) is 11.4 Å². The molecule has 2 aromatic carbocycles. The van der Waals surface area contributed by atoms with Crippen molar-refractivity contribution in [3.63, 3.8) is 0 Å². The maximum atomic E-state index is 12.0. The molecule has 2 aliphatic rings. The van der Waals surface area contributed by atoms with Gasteiger partial charge in [0.2, 0.25) is 0 Å². The van der Waals surface area contributed by atoms with E-state index < -0.39 is 6.09 Å². The number of amides is 1. The second-order valence-electron chi connectivity index (χ2n) is 7.47. The predicted octanol–water partition coefficient (Wildman–Crippen LogP) is 5.46. The summed E-state index contributed by atoms with van der Waals surface area (Å²) in [5.74, 6) is 0. The fraction of sp³-hybridized carbons (Fsp3) is 0.364. The molecule has 6 heteroatoms. The third-order valence-electron chi connectivity index (χ3n) is 5.51. The van der Waals surface area contributed by atoms with Crippen molar-refractivity contribution in [3.8, 4) is 0 Å². The van der Waals surface area contributed by atoms with Crippen LogP contribution in [0.15, 0.2) is 59.8 Å². The second-order valence-corrected chi connectivity index (χ2v) is 7.91. The van der Waals surface area contributed by atoms with E-state index in [1.165, 1.54) is 24.8 Å². The summed E-state index contributed by atoms with van der Waals surface area (Å²) in [6.45, 7) is 0.974. The van der Waals surface area contributed by atoms with E-state index in [0.717, 1.165) is 25.1 Å². The smallest absolute Gasteiger partial charge is 0.298 e. The maximum Gasteiger partial charge on any atom is 0.437 e. The molecule has 2 saturated heterocycles. The molecule has 0 unspecified atom stereocenters. The van der Waals surface area contributed by atoms with Gasteiger partial charge in [0.15, 0.2) is 0 Å². The average Bonchev–Trinajstić information content (AvgIpc) is 2.69. The number of benzene rings is 2. The Bertz CT molecular complexity index is 823. The second kappa shape index (κ2) is 8.76. The quantitative estimate of drug-likeness (QED) is 0.550. The van der Waals surface area contributed by atoms with Crippen LogP contribution in [0, 0.1) is 0 Å². The first kappa shape index (κ1) is 19.0. The molecule has 5 nitrogen and oxygen atoms in total. The van der Waals surface area contributed by atoms with Crippen molar-refractivity contribution < 1.29 is 9.63 Å². The van der Waals surface area contributed by atoms with Gasteiger partial charge in [-0.2, -0.15) is 0 Å². The minimum atomic E-state index is -0.577. The molecule has 1 amide bonds. The Labute approximate surface area is 170 Å². The molecular formula is C22H24ClN3O2. The summed E-state index contributed by atoms with van der Waals surface area (Å²) in [4.78, 5) is 19.7. The molecule has 1 N–H and O–H groups in total. The molecule has 0 aromatic heterocycles. The van der Waals surface area contributed by atoms with Gasteiger partial charge in [0, 0.05) is 42.2 Å². The van der Waals surface area contributed by atoms with Gasteiger partial charge in [0.25, 0.3) is 0 Å². The first-order chi connectivity index (χ1) is 13.7. The summed E-state index contributed by atoms with van der Waals surface area (Å²) in [7, 11) is 0. The minimum absolute atomic E-state index is 0.467. The monoisotopic (exact) mass is 397 g/mol. The highest BCUT2D eigenvalue weighted by Crippen LogP contribution is 2.34. The Hall–Kier alpha value is -2.37. The van der Waals surface area contributed by atoms with Gasteiger partial charge in [-0.25, -0.2) is 4.79 Å². The van der Waals surface area contributed by atoms with Crippen LogP contribution in [-0.4, -0.2) is 28.8 Å². The van der Waals surface area contributed by atoms with E-state index >= 15 is 0 Å². The van der Waals surface area contributed by atoms with E-state index in [4.69, 9.17) is 16.4 Å². The molecule has 2 aliphatic heterocycles. The van der Waals surface area contributed by atoms with Gasteiger partial charge < -0.3 is 0 Å². The molecule has 2 atom stereocenters. The average molecular weight is 398 g/mol. The molecule has 2 fully saturated rings. The van der Waals surface area contributed by atoms with Crippen LogP contribution < -0.4 is 5.32 Å². The van der Waals surface area contributed by atoms with Crippen LogP contribution in [0.2, 0.25) is 5.02 Å². The van der Waals surface area contributed by atoms with E-state index in [2.05, 4.69) is 45.7 Å². The molecule has 0 aliphatic carbocycles. The van der Waals surface area contributed by atoms with Crippen molar-refractivity contribution in [1.82, 2.24) is 4.90 Å². The third-order valence-corrected chi connectivity index (χ3v) is 5.76. The lowest BCUT2D eigenvalue weighted by Gasteiger charge is -2.46. The first-order valence-corrected chi connectivity index (χ1v) is 10.1. The van der Waals surface area contributed by atoms with Crippen molar-refractivity contribution in [2.45, 2.75) is 50.7 Å². The highest BCUT2D eigenvalue weighted by molar-refractivity contribution is 6.30. The number of piperidine rings is 2. The lowest BCUT2D eigenvalue weighted by Crippen LogP contribution is -2.51. The molecule has 28 heavy (non-hydrogen) atoms. The van der Waals surface area contributed by atoms with E-state index in [1.807, 2.05) is 0 Å². The molecule has 0 spiro atoms. The lowest BCUT2D eigenvalue weighted by molar-refractivity contribution is 0.0662. The Morgan fingerprint density at radius 1 is 1.07 bits per heavy atom. The molecule has 146 valence electrons. The summed E-state index contributed by atoms with van der Waals surface area (Å²) < 4.78 is 0. The Morgan fingerprint density at radius 3 is 2.43 bits per heavy atom. The summed E-state index contributed by atoms with van der Waals surface area (Å²) >= 11 is 5.85. The van der Waals surface area contributed by atoms with E-state index in [9.17, 15) is 4.79 Å². The fourth-order valence-corrected chi connectivity index (χ4v) is 4.32. The summed E-state index contributed by atoms with van der Waals surface area (Å²) in [5, 5.41) is 7.45. The van der Waals surface area contributed by atoms with Crippen LogP contribution >= 0.6 is 11.6 Å². The van der Waals surface area contributed by atoms with Crippen LogP contribution in [0.4, 0.5) is 10.5 Å². The summed E-state index contributed by atoms with van der Waals surface area (Å²) in [5.41, 5.74) is 2.95. The number of nitrogens with zero attached hydrogens (tertiary/aromatic N) is 2. The van der Waals surface area contributed by atoms with Gasteiger partial charge in [0.05, 0.1) is 5.71 Å². The molecule has 4 rings (SSSR count). The van der Waals surface area contributed by atoms with Gasteiger partial charge in [-0.05, 0) is 42.7 Å². The topological polar surface area (TPSA) is 53.9 Å². The number of hydrogen-bond acceptors (Lipinski definition) is 4. The molecule has 2 bridgehead atoms. The zero-order chi connectivity index (χ0) is 19.3. The molecule has 2 heterocycles. The highest BCUT2D eigenvalue weighted by atomic mass is 35.5. The predicted molar refractivity (Wildman–Crippen MR) is 112 cm³/mol. The Balaban J connectivity index is 1.35. The summed E-state index contributed by atoms with van der Waals surface area (Å²) in [6.07, 6.45) is 4.73. The van der Waals surface area contributed by atoms with Crippen molar-refractivity contribution in [2.75, 3.05) is 5.32 Å². The molecule has 2 aromatic rings. The van der Waals surface area contributed by atoms with Crippen molar-refractivity contribution in [1.29, 1.82) is 0 Å². The normalized spacial score (nSPS) is 21.8. The zero-order valence-electron chi connectivity index (χ0n) is 15.7. The largest absolute Gasteiger partial charge is 0.437 e. The van der Waals surface area contributed by atoms with Crippen LogP contribution in [0.1, 0.15) is 37.7 Å². The van der Waals surface area contributed by atoms with E-state index in [0.29, 0.717) is 22.8 Å². The molecule has 0 radical (unpaired) electrons. The Kier molecular flexibility index (Phi) is 5.93. The number of halogens is 1. The number of nitrogens with one attached hydrogen (secondary N) is 1. The van der Waals surface area contributed by atoms with Crippen LogP contribution in [0.5, 0.6) is 0 Å². The number of anilines is 1. The van der Waals surface area contributed by atoms with E-state index in [-0.39, 0.29) is 0 Å². The van der Waals surface area contributed by atoms with Crippen molar-refractivity contribution in [2.24, 2.45) is 5.16 Å². The highest BCUT2D eigenvalue weighted by Gasteiger charge is 2.36. The van der Waals surface area contributed by atoms with Crippen molar-refractivity contribution >= 4 is 29.1 Å². The number of carbonyl (C=O) groups excluding carboxylic acids is 1. The number of hydrogen-bond donors (Lipinski definition) is 1. The lowest BCUT2D eigenvalue weighted by atomic mass is 9.83. The first-order valence-electron chi connectivity index (χ1n) is 9.76. The fourth-order valence-electron chi connectivity index (χ4n) is 4.19. The van der Waals surface area contributed by atoms with Crippen LogP contribution in [0.3, 0.4) is 0 Å². The number of carbonyl (C=O) groups is 1. The number of fused-ring (bicyclic) bond motifs is 2. The van der Waals surface area contributed by atoms with Gasteiger partial charge >= 0.3 is 6.09 Å². The molecule has 0 saturated carbocycles. The zero-order valence-corrected chi connectivity index (χ0v) is 16.4. The SMILES string of the molecule is O=C(Nc1ccc(Cl)cc1)ON=C1C[C@H]2CCC[C@H](C1)N2Cc1ccccc1.